The summed E-state index contributed by atoms with van der Waals surface area (Å²) in [4.78, 5) is 37.0. The summed E-state index contributed by atoms with van der Waals surface area (Å²) < 4.78 is 35.7. The lowest BCUT2D eigenvalue weighted by Crippen LogP contribution is -2.34. The average molecular weight is 489 g/mol. The van der Waals surface area contributed by atoms with Gasteiger partial charge in [-0.1, -0.05) is 6.07 Å². The first-order valence-electron chi connectivity index (χ1n) is 10.7. The average Bonchev–Trinajstić information content (AvgIpc) is 2.74. The molecule has 10 heteroatoms. The molecule has 0 radical (unpaired) electrons. The van der Waals surface area contributed by atoms with Gasteiger partial charge in [-0.25, -0.2) is 18.0 Å². The summed E-state index contributed by atoms with van der Waals surface area (Å²) in [6.45, 7) is 5.14. The number of Topliss-reactive ketones (excluding diaryl/α,β-unsaturated/α-hetero) is 1. The Morgan fingerprint density at radius 2 is 1.79 bits per heavy atom. The molecule has 2 aromatic rings. The van der Waals surface area contributed by atoms with Gasteiger partial charge in [-0.05, 0) is 75.6 Å². The molecule has 3 rings (SSSR count). The Balaban J connectivity index is 1.63. The number of ether oxygens (including phenoxy) is 2. The molecule has 2 aromatic carbocycles. The topological polar surface area (TPSA) is 119 Å². The van der Waals surface area contributed by atoms with Crippen LogP contribution < -0.4 is 9.62 Å². The molecule has 0 atom stereocenters. The number of ketones is 1. The smallest absolute Gasteiger partial charge is 0.412 e. The van der Waals surface area contributed by atoms with Gasteiger partial charge in [0.15, 0.2) is 12.4 Å². The van der Waals surface area contributed by atoms with Gasteiger partial charge in [0.2, 0.25) is 10.0 Å². The largest absolute Gasteiger partial charge is 0.454 e. The molecule has 1 amide bonds. The van der Waals surface area contributed by atoms with Gasteiger partial charge in [0.05, 0.1) is 17.5 Å². The third-order valence-electron chi connectivity index (χ3n) is 4.96. The molecule has 0 unspecified atom stereocenters. The highest BCUT2D eigenvalue weighted by molar-refractivity contribution is 7.92. The second kappa shape index (κ2) is 9.84. The van der Waals surface area contributed by atoms with Crippen molar-refractivity contribution < 1.29 is 32.3 Å². The molecule has 1 aliphatic rings. The molecule has 0 aromatic heterocycles. The number of anilines is 2. The van der Waals surface area contributed by atoms with E-state index in [2.05, 4.69) is 5.32 Å². The monoisotopic (exact) mass is 488 g/mol. The van der Waals surface area contributed by atoms with Crippen molar-refractivity contribution in [3.8, 4) is 0 Å². The van der Waals surface area contributed by atoms with Crippen LogP contribution in [0.5, 0.6) is 0 Å². The van der Waals surface area contributed by atoms with Gasteiger partial charge in [-0.3, -0.25) is 14.4 Å². The van der Waals surface area contributed by atoms with Crippen molar-refractivity contribution >= 4 is 39.2 Å². The lowest BCUT2D eigenvalue weighted by molar-refractivity contribution is 0.0474. The molecule has 9 nitrogen and oxygen atoms in total. The molecule has 0 saturated carbocycles. The van der Waals surface area contributed by atoms with Crippen molar-refractivity contribution in [1.82, 2.24) is 0 Å². The van der Waals surface area contributed by atoms with Crippen LogP contribution in [0.3, 0.4) is 0 Å². The maximum Gasteiger partial charge on any atom is 0.412 e. The molecule has 1 heterocycles. The first-order chi connectivity index (χ1) is 15.8. The van der Waals surface area contributed by atoms with Crippen LogP contribution in [0.25, 0.3) is 0 Å². The number of nitrogens with one attached hydrogen (secondary N) is 1. The molecule has 1 N–H and O–H groups in total. The molecule has 0 fully saturated rings. The van der Waals surface area contributed by atoms with Gasteiger partial charge in [-0.2, -0.15) is 0 Å². The van der Waals surface area contributed by atoms with Gasteiger partial charge in [-0.15, -0.1) is 0 Å². The van der Waals surface area contributed by atoms with Crippen LogP contribution in [-0.2, 0) is 25.9 Å². The Hall–Kier alpha value is -3.40. The van der Waals surface area contributed by atoms with Gasteiger partial charge >= 0.3 is 12.1 Å². The maximum atomic E-state index is 12.6. The number of sulfonamides is 1. The summed E-state index contributed by atoms with van der Waals surface area (Å²) in [7, 11) is -3.40. The maximum absolute atomic E-state index is 12.6. The predicted octanol–water partition coefficient (Wildman–Crippen LogP) is 3.79. The molecule has 182 valence electrons. The highest BCUT2D eigenvalue weighted by Gasteiger charge is 2.25. The Morgan fingerprint density at radius 3 is 2.47 bits per heavy atom. The normalized spacial score (nSPS) is 13.6. The lowest BCUT2D eigenvalue weighted by atomic mass is 9.99. The number of amides is 1. The minimum Gasteiger partial charge on any atom is -0.454 e. The van der Waals surface area contributed by atoms with Gasteiger partial charge in [0.25, 0.3) is 0 Å². The summed E-state index contributed by atoms with van der Waals surface area (Å²) in [5, 5.41) is 2.54. The van der Waals surface area contributed by atoms with Crippen LogP contribution in [0, 0.1) is 0 Å². The fourth-order valence-electron chi connectivity index (χ4n) is 3.52. The van der Waals surface area contributed by atoms with Gasteiger partial charge in [0.1, 0.15) is 5.60 Å². The summed E-state index contributed by atoms with van der Waals surface area (Å²) in [5.74, 6) is -1.13. The fraction of sp³-hybridized carbons (Fsp3) is 0.375. The SMILES string of the molecule is CC(C)(C)OC(=O)Nc1cccc(C(=O)OCC(=O)c2ccc3c(c2)CCCN3S(C)(=O)=O)c1. The predicted molar refractivity (Wildman–Crippen MR) is 128 cm³/mol. The Labute approximate surface area is 199 Å². The third kappa shape index (κ3) is 6.57. The zero-order valence-corrected chi connectivity index (χ0v) is 20.4. The quantitative estimate of drug-likeness (QED) is 0.485. The van der Waals surface area contributed by atoms with Crippen LogP contribution in [0.4, 0.5) is 16.2 Å². The van der Waals surface area contributed by atoms with Crippen molar-refractivity contribution in [2.24, 2.45) is 0 Å². The highest BCUT2D eigenvalue weighted by Crippen LogP contribution is 2.30. The standard InChI is InChI=1S/C24H28N2O7S/c1-24(2,3)33-23(29)25-19-9-5-7-18(14-19)22(28)32-15-21(27)17-10-11-20-16(13-17)8-6-12-26(20)34(4,30)31/h5,7,9-11,13-14H,6,8,12,15H2,1-4H3,(H,25,29). The van der Waals surface area contributed by atoms with E-state index in [9.17, 15) is 22.8 Å². The molecule has 34 heavy (non-hydrogen) atoms. The number of hydrogen-bond donors (Lipinski definition) is 1. The number of fused-ring (bicyclic) bond motifs is 1. The molecule has 0 aliphatic carbocycles. The zero-order valence-electron chi connectivity index (χ0n) is 19.6. The number of aryl methyl sites for hydroxylation is 1. The molecule has 1 aliphatic heterocycles. The van der Waals surface area contributed by atoms with E-state index >= 15 is 0 Å². The molecule has 0 saturated heterocycles. The van der Waals surface area contributed by atoms with E-state index in [1.54, 1.807) is 45.0 Å². The van der Waals surface area contributed by atoms with E-state index in [0.29, 0.717) is 36.3 Å². The molecule has 0 spiro atoms. The number of benzene rings is 2. The zero-order chi connectivity index (χ0) is 25.1. The van der Waals surface area contributed by atoms with Crippen molar-refractivity contribution in [3.63, 3.8) is 0 Å². The summed E-state index contributed by atoms with van der Waals surface area (Å²) in [6, 6.07) is 10.9. The second-order valence-electron chi connectivity index (χ2n) is 8.99. The number of carbonyl (C=O) groups excluding carboxylic acids is 3. The van der Waals surface area contributed by atoms with E-state index in [0.717, 1.165) is 11.8 Å². The number of carbonyl (C=O) groups is 3. The Morgan fingerprint density at radius 1 is 1.06 bits per heavy atom. The van der Waals surface area contributed by atoms with Crippen LogP contribution in [0.15, 0.2) is 42.5 Å². The molecule has 0 bridgehead atoms. The summed E-state index contributed by atoms with van der Waals surface area (Å²) in [5.41, 5.74) is 1.50. The van der Waals surface area contributed by atoms with Crippen molar-refractivity contribution in [2.75, 3.05) is 29.0 Å². The highest BCUT2D eigenvalue weighted by atomic mass is 32.2. The van der Waals surface area contributed by atoms with Gasteiger partial charge in [0, 0.05) is 17.8 Å². The summed E-state index contributed by atoms with van der Waals surface area (Å²) >= 11 is 0. The van der Waals surface area contributed by atoms with Crippen molar-refractivity contribution in [2.45, 2.75) is 39.2 Å². The van der Waals surface area contributed by atoms with Crippen LogP contribution in [0.2, 0.25) is 0 Å². The second-order valence-corrected chi connectivity index (χ2v) is 10.9. The van der Waals surface area contributed by atoms with Crippen LogP contribution in [0.1, 0.15) is 53.5 Å². The first-order valence-corrected chi connectivity index (χ1v) is 12.6. The number of hydrogen-bond acceptors (Lipinski definition) is 7. The summed E-state index contributed by atoms with van der Waals surface area (Å²) in [6.07, 6.45) is 1.80. The fourth-order valence-corrected chi connectivity index (χ4v) is 4.52. The third-order valence-corrected chi connectivity index (χ3v) is 6.14. The minimum absolute atomic E-state index is 0.163. The van der Waals surface area contributed by atoms with E-state index < -0.39 is 40.1 Å². The van der Waals surface area contributed by atoms with Crippen molar-refractivity contribution in [3.05, 3.63) is 59.2 Å². The molecular weight excluding hydrogens is 460 g/mol. The number of nitrogens with zero attached hydrogens (tertiary/aromatic N) is 1. The Kier molecular flexibility index (Phi) is 7.30. The van der Waals surface area contributed by atoms with E-state index in [4.69, 9.17) is 9.47 Å². The van der Waals surface area contributed by atoms with E-state index in [-0.39, 0.29) is 5.56 Å². The number of rotatable bonds is 6. The van der Waals surface area contributed by atoms with Gasteiger partial charge < -0.3 is 9.47 Å². The number of esters is 1. The van der Waals surface area contributed by atoms with Crippen molar-refractivity contribution in [1.29, 1.82) is 0 Å². The van der Waals surface area contributed by atoms with Crippen LogP contribution >= 0.6 is 0 Å². The Bertz CT molecular complexity index is 1220. The van der Waals surface area contributed by atoms with E-state index in [1.165, 1.54) is 22.5 Å². The molecular formula is C24H28N2O7S. The first kappa shape index (κ1) is 25.2. The van der Waals surface area contributed by atoms with E-state index in [1.807, 2.05) is 0 Å². The van der Waals surface area contributed by atoms with Crippen LogP contribution in [-0.4, -0.2) is 51.3 Å². The minimum atomic E-state index is -3.40. The lowest BCUT2D eigenvalue weighted by Gasteiger charge is -2.29.